The van der Waals surface area contributed by atoms with Crippen molar-refractivity contribution in [1.29, 1.82) is 0 Å². The van der Waals surface area contributed by atoms with Gasteiger partial charge in [0.05, 0.1) is 21.7 Å². The molecule has 1 aromatic carbocycles. The maximum absolute atomic E-state index is 14.9. The number of phenolic OH excluding ortho intramolecular Hbond substituents is 1. The number of benzene rings is 1. The number of carbonyl (C=O) groups is 1. The third kappa shape index (κ3) is 4.60. The maximum atomic E-state index is 14.9. The van der Waals surface area contributed by atoms with Crippen molar-refractivity contribution >= 4 is 39.9 Å². The van der Waals surface area contributed by atoms with Crippen LogP contribution in [0.15, 0.2) is 66.6 Å². The fourth-order valence-corrected chi connectivity index (χ4v) is 5.19. The van der Waals surface area contributed by atoms with Crippen molar-refractivity contribution < 1.29 is 14.3 Å². The minimum Gasteiger partial charge on any atom is -0.507 e. The number of carbonyl (C=O) groups excluding carboxylic acids is 1. The van der Waals surface area contributed by atoms with Gasteiger partial charge in [-0.15, -0.1) is 0 Å². The maximum Gasteiger partial charge on any atom is 0.357 e. The number of hydrogen-bond donors (Lipinski definition) is 1. The molecule has 1 aliphatic rings. The molecule has 40 heavy (non-hydrogen) atoms. The van der Waals surface area contributed by atoms with Gasteiger partial charge in [-0.05, 0) is 55.8 Å². The Bertz CT molecular complexity index is 1730. The number of phenols is 1. The smallest absolute Gasteiger partial charge is 0.357 e. The zero-order valence-corrected chi connectivity index (χ0v) is 22.7. The molecule has 9 nitrogen and oxygen atoms in total. The first kappa shape index (κ1) is 27.0. The summed E-state index contributed by atoms with van der Waals surface area (Å²) in [6.07, 6.45) is 2.80. The first-order valence-electron chi connectivity index (χ1n) is 12.5. The van der Waals surface area contributed by atoms with Crippen LogP contribution in [0.2, 0.25) is 5.02 Å². The Balaban J connectivity index is 1.81. The molecule has 0 spiro atoms. The van der Waals surface area contributed by atoms with Crippen molar-refractivity contribution in [3.8, 4) is 22.8 Å². The molecule has 0 unspecified atom stereocenters. The second-order valence-electron chi connectivity index (χ2n) is 9.56. The van der Waals surface area contributed by atoms with E-state index in [1.807, 2.05) is 11.8 Å². The zero-order chi connectivity index (χ0) is 28.7. The van der Waals surface area contributed by atoms with E-state index >= 15 is 0 Å². The summed E-state index contributed by atoms with van der Waals surface area (Å²) >= 11 is 6.66. The van der Waals surface area contributed by atoms with Crippen molar-refractivity contribution in [2.45, 2.75) is 19.9 Å². The third-order valence-corrected chi connectivity index (χ3v) is 7.16. The lowest BCUT2D eigenvalue weighted by molar-refractivity contribution is -0.126. The van der Waals surface area contributed by atoms with E-state index in [-0.39, 0.29) is 45.4 Å². The molecule has 4 aromatic rings. The molecule has 204 valence electrons. The van der Waals surface area contributed by atoms with Crippen LogP contribution in [-0.4, -0.2) is 61.1 Å². The number of anilines is 1. The van der Waals surface area contributed by atoms with Gasteiger partial charge in [0, 0.05) is 37.4 Å². The molecular formula is C29H26ClFN6O3. The SMILES string of the molecule is C=CC(=O)N1CCN(c2nc(=O)n(-c3ncccc3C(=C)C)c3nc(-c4c(O)cccc4F)c(Cl)cc23)[C@@H](C)C1. The largest absolute Gasteiger partial charge is 0.507 e. The Kier molecular flexibility index (Phi) is 7.12. The van der Waals surface area contributed by atoms with Crippen LogP contribution in [0.1, 0.15) is 19.4 Å². The lowest BCUT2D eigenvalue weighted by atomic mass is 10.1. The Morgan fingerprint density at radius 2 is 1.98 bits per heavy atom. The molecular weight excluding hydrogens is 535 g/mol. The summed E-state index contributed by atoms with van der Waals surface area (Å²) < 4.78 is 16.2. The van der Waals surface area contributed by atoms with Crippen molar-refractivity contribution in [2.24, 2.45) is 0 Å². The third-order valence-electron chi connectivity index (χ3n) is 6.87. The van der Waals surface area contributed by atoms with Gasteiger partial charge in [-0.1, -0.05) is 30.8 Å². The van der Waals surface area contributed by atoms with Gasteiger partial charge in [0.15, 0.2) is 5.65 Å². The molecule has 0 saturated carbocycles. The number of piperazine rings is 1. The second kappa shape index (κ2) is 10.5. The molecule has 4 heterocycles. The predicted molar refractivity (Wildman–Crippen MR) is 153 cm³/mol. The van der Waals surface area contributed by atoms with E-state index in [4.69, 9.17) is 11.6 Å². The summed E-state index contributed by atoms with van der Waals surface area (Å²) in [5.41, 5.74) is 0.464. The lowest BCUT2D eigenvalue weighted by Crippen LogP contribution is -2.54. The number of aromatic nitrogens is 4. The van der Waals surface area contributed by atoms with Gasteiger partial charge in [-0.3, -0.25) is 4.79 Å². The van der Waals surface area contributed by atoms with Gasteiger partial charge in [0.25, 0.3) is 0 Å². The number of pyridine rings is 2. The minimum atomic E-state index is -0.728. The highest BCUT2D eigenvalue weighted by Crippen LogP contribution is 2.38. The number of allylic oxidation sites excluding steroid dienone is 1. The summed E-state index contributed by atoms with van der Waals surface area (Å²) in [6.45, 7) is 12.4. The summed E-state index contributed by atoms with van der Waals surface area (Å²) in [7, 11) is 0. The van der Waals surface area contributed by atoms with Crippen LogP contribution in [0.3, 0.4) is 0 Å². The molecule has 3 aromatic heterocycles. The Labute approximate surface area is 234 Å². The summed E-state index contributed by atoms with van der Waals surface area (Å²) in [4.78, 5) is 43.1. The average Bonchev–Trinajstić information content (AvgIpc) is 2.92. The zero-order valence-electron chi connectivity index (χ0n) is 21.9. The van der Waals surface area contributed by atoms with Crippen LogP contribution < -0.4 is 10.6 Å². The molecule has 0 bridgehead atoms. The molecule has 0 radical (unpaired) electrons. The van der Waals surface area contributed by atoms with Gasteiger partial charge in [-0.25, -0.2) is 23.7 Å². The molecule has 1 N–H and O–H groups in total. The van der Waals surface area contributed by atoms with Gasteiger partial charge in [0.1, 0.15) is 23.2 Å². The molecule has 1 saturated heterocycles. The number of hydrogen-bond acceptors (Lipinski definition) is 7. The first-order valence-corrected chi connectivity index (χ1v) is 12.9. The molecule has 0 aliphatic carbocycles. The summed E-state index contributed by atoms with van der Waals surface area (Å²) in [5, 5.41) is 11.0. The van der Waals surface area contributed by atoms with Crippen LogP contribution in [0.25, 0.3) is 33.7 Å². The van der Waals surface area contributed by atoms with Crippen LogP contribution in [0, 0.1) is 5.82 Å². The Hall–Kier alpha value is -4.57. The quantitative estimate of drug-likeness (QED) is 0.356. The average molecular weight is 561 g/mol. The summed E-state index contributed by atoms with van der Waals surface area (Å²) in [6, 6.07) is 8.72. The van der Waals surface area contributed by atoms with E-state index in [1.54, 1.807) is 30.0 Å². The number of amides is 1. The van der Waals surface area contributed by atoms with Crippen molar-refractivity contribution in [3.05, 3.63) is 88.7 Å². The predicted octanol–water partition coefficient (Wildman–Crippen LogP) is 4.60. The standard InChI is InChI=1S/C29H26ClFN6O3/c1-5-23(39)35-12-13-36(17(4)15-35)27-19-14-20(30)25(24-21(31)9-6-10-22(24)38)33-28(19)37(29(40)34-27)26-18(16(2)3)8-7-11-32-26/h5-11,14,17,38H,1-2,12-13,15H2,3-4H3/t17-/m0/s1. The van der Waals surface area contributed by atoms with Gasteiger partial charge in [-0.2, -0.15) is 4.98 Å². The molecule has 1 fully saturated rings. The van der Waals surface area contributed by atoms with Crippen LogP contribution in [-0.2, 0) is 4.79 Å². The monoisotopic (exact) mass is 560 g/mol. The summed E-state index contributed by atoms with van der Waals surface area (Å²) in [5.74, 6) is -0.692. The molecule has 1 aliphatic heterocycles. The number of fused-ring (bicyclic) bond motifs is 1. The highest BCUT2D eigenvalue weighted by molar-refractivity contribution is 6.34. The van der Waals surface area contributed by atoms with E-state index in [0.29, 0.717) is 42.0 Å². The van der Waals surface area contributed by atoms with Gasteiger partial charge >= 0.3 is 5.69 Å². The molecule has 1 amide bonds. The van der Waals surface area contributed by atoms with Gasteiger partial charge in [0.2, 0.25) is 5.91 Å². The first-order chi connectivity index (χ1) is 19.1. The highest BCUT2D eigenvalue weighted by atomic mass is 35.5. The van der Waals surface area contributed by atoms with E-state index in [9.17, 15) is 19.1 Å². The number of rotatable bonds is 5. The topological polar surface area (TPSA) is 104 Å². The van der Waals surface area contributed by atoms with E-state index in [0.717, 1.165) is 0 Å². The second-order valence-corrected chi connectivity index (χ2v) is 9.97. The minimum absolute atomic E-state index is 0.0441. The Morgan fingerprint density at radius 1 is 1.20 bits per heavy atom. The fraction of sp³-hybridized carbons (Fsp3) is 0.207. The van der Waals surface area contributed by atoms with Crippen LogP contribution in [0.5, 0.6) is 5.75 Å². The van der Waals surface area contributed by atoms with Crippen LogP contribution in [0.4, 0.5) is 10.2 Å². The molecule has 5 rings (SSSR count). The van der Waals surface area contributed by atoms with Crippen LogP contribution >= 0.6 is 11.6 Å². The number of nitrogens with zero attached hydrogens (tertiary/aromatic N) is 6. The highest BCUT2D eigenvalue weighted by Gasteiger charge is 2.30. The normalized spacial score (nSPS) is 15.3. The van der Waals surface area contributed by atoms with E-state index in [1.165, 1.54) is 35.0 Å². The fourth-order valence-electron chi connectivity index (χ4n) is 4.95. The molecule has 11 heteroatoms. The van der Waals surface area contributed by atoms with Crippen molar-refractivity contribution in [2.75, 3.05) is 24.5 Å². The van der Waals surface area contributed by atoms with Crippen molar-refractivity contribution in [1.82, 2.24) is 24.4 Å². The number of halogens is 2. The van der Waals surface area contributed by atoms with Crippen molar-refractivity contribution in [3.63, 3.8) is 0 Å². The van der Waals surface area contributed by atoms with E-state index in [2.05, 4.69) is 28.1 Å². The number of aromatic hydroxyl groups is 1. The van der Waals surface area contributed by atoms with E-state index < -0.39 is 11.5 Å². The van der Waals surface area contributed by atoms with Gasteiger partial charge < -0.3 is 14.9 Å². The Morgan fingerprint density at radius 3 is 2.65 bits per heavy atom. The lowest BCUT2D eigenvalue weighted by Gasteiger charge is -2.40. The molecule has 1 atom stereocenters.